The minimum absolute atomic E-state index is 0.0956. The quantitative estimate of drug-likeness (QED) is 0.895. The van der Waals surface area contributed by atoms with E-state index in [-0.39, 0.29) is 17.8 Å². The number of aromatic hydroxyl groups is 1. The van der Waals surface area contributed by atoms with Crippen molar-refractivity contribution in [2.45, 2.75) is 31.8 Å². The van der Waals surface area contributed by atoms with Gasteiger partial charge in [0.1, 0.15) is 17.4 Å². The number of halogens is 2. The van der Waals surface area contributed by atoms with Crippen molar-refractivity contribution in [1.29, 1.82) is 0 Å². The largest absolute Gasteiger partial charge is 0.508 e. The summed E-state index contributed by atoms with van der Waals surface area (Å²) < 4.78 is 27.1. The van der Waals surface area contributed by atoms with E-state index in [1.54, 1.807) is 12.1 Å². The van der Waals surface area contributed by atoms with E-state index in [0.717, 1.165) is 36.1 Å². The normalized spacial score (nSPS) is 18.5. The summed E-state index contributed by atoms with van der Waals surface area (Å²) in [6, 6.07) is 8.65. The van der Waals surface area contributed by atoms with Crippen LogP contribution in [0.15, 0.2) is 36.4 Å². The predicted molar refractivity (Wildman–Crippen MR) is 77.1 cm³/mol. The summed E-state index contributed by atoms with van der Waals surface area (Å²) in [5.74, 6) is -0.573. The fourth-order valence-electron chi connectivity index (χ4n) is 3.02. The number of phenols is 1. The maximum atomic E-state index is 13.8. The average molecular weight is 289 g/mol. The zero-order valence-corrected chi connectivity index (χ0v) is 11.7. The molecule has 21 heavy (non-hydrogen) atoms. The van der Waals surface area contributed by atoms with Gasteiger partial charge in [-0.3, -0.25) is 0 Å². The van der Waals surface area contributed by atoms with Crippen LogP contribution in [0.1, 0.15) is 42.1 Å². The molecule has 4 heteroatoms. The van der Waals surface area contributed by atoms with Gasteiger partial charge in [0.2, 0.25) is 0 Å². The van der Waals surface area contributed by atoms with Crippen LogP contribution in [-0.2, 0) is 6.42 Å². The van der Waals surface area contributed by atoms with Crippen molar-refractivity contribution in [2.24, 2.45) is 0 Å². The van der Waals surface area contributed by atoms with Crippen molar-refractivity contribution >= 4 is 0 Å². The second-order valence-electron chi connectivity index (χ2n) is 5.53. The van der Waals surface area contributed by atoms with E-state index in [4.69, 9.17) is 0 Å². The number of nitrogens with one attached hydrogen (secondary N) is 1. The van der Waals surface area contributed by atoms with Crippen LogP contribution in [0.2, 0.25) is 0 Å². The van der Waals surface area contributed by atoms with E-state index in [2.05, 4.69) is 5.32 Å². The van der Waals surface area contributed by atoms with Crippen molar-refractivity contribution in [3.05, 3.63) is 64.7 Å². The maximum absolute atomic E-state index is 13.8. The monoisotopic (exact) mass is 289 g/mol. The maximum Gasteiger partial charge on any atom is 0.128 e. The molecule has 1 aliphatic carbocycles. The molecule has 2 unspecified atom stereocenters. The summed E-state index contributed by atoms with van der Waals surface area (Å²) >= 11 is 0. The Hall–Kier alpha value is -1.94. The van der Waals surface area contributed by atoms with Gasteiger partial charge in [0.25, 0.3) is 0 Å². The molecule has 0 amide bonds. The lowest BCUT2D eigenvalue weighted by Gasteiger charge is -2.21. The molecule has 2 nitrogen and oxygen atoms in total. The van der Waals surface area contributed by atoms with Gasteiger partial charge in [-0.25, -0.2) is 8.78 Å². The van der Waals surface area contributed by atoms with Crippen LogP contribution in [0.25, 0.3) is 0 Å². The highest BCUT2D eigenvalue weighted by Crippen LogP contribution is 2.35. The number of fused-ring (bicyclic) bond motifs is 1. The zero-order chi connectivity index (χ0) is 15.0. The van der Waals surface area contributed by atoms with Gasteiger partial charge in [-0.15, -0.1) is 0 Å². The first kappa shape index (κ1) is 14.0. The number of hydrogen-bond acceptors (Lipinski definition) is 2. The third kappa shape index (κ3) is 2.76. The lowest BCUT2D eigenvalue weighted by Crippen LogP contribution is -2.23. The van der Waals surface area contributed by atoms with E-state index >= 15 is 0 Å². The van der Waals surface area contributed by atoms with Gasteiger partial charge >= 0.3 is 0 Å². The lowest BCUT2D eigenvalue weighted by molar-refractivity contribution is 0.447. The Balaban J connectivity index is 1.81. The Morgan fingerprint density at radius 2 is 2.00 bits per heavy atom. The topological polar surface area (TPSA) is 32.3 Å². The van der Waals surface area contributed by atoms with E-state index in [9.17, 15) is 13.9 Å². The summed E-state index contributed by atoms with van der Waals surface area (Å²) in [4.78, 5) is 0. The Morgan fingerprint density at radius 3 is 2.81 bits per heavy atom. The van der Waals surface area contributed by atoms with Gasteiger partial charge in [0.15, 0.2) is 0 Å². The molecule has 3 rings (SSSR count). The van der Waals surface area contributed by atoms with Crippen LogP contribution < -0.4 is 5.32 Å². The van der Waals surface area contributed by atoms with Crippen LogP contribution in [0.5, 0.6) is 5.75 Å². The summed E-state index contributed by atoms with van der Waals surface area (Å²) in [5.41, 5.74) is 2.57. The molecule has 0 saturated heterocycles. The van der Waals surface area contributed by atoms with Gasteiger partial charge in [-0.2, -0.15) is 0 Å². The highest BCUT2D eigenvalue weighted by Gasteiger charge is 2.25. The molecule has 2 aromatic rings. The first-order valence-corrected chi connectivity index (χ1v) is 7.07. The summed E-state index contributed by atoms with van der Waals surface area (Å²) in [6.07, 6.45) is 1.76. The minimum Gasteiger partial charge on any atom is -0.508 e. The molecule has 0 saturated carbocycles. The Bertz CT molecular complexity index is 672. The van der Waals surface area contributed by atoms with E-state index in [1.165, 1.54) is 6.07 Å². The van der Waals surface area contributed by atoms with Gasteiger partial charge in [0.05, 0.1) is 0 Å². The lowest BCUT2D eigenvalue weighted by atomic mass is 10.0. The highest BCUT2D eigenvalue weighted by atomic mass is 19.1. The SMILES string of the molecule is CC(NC1CCc2cc(O)ccc21)c1cc(F)ccc1F. The zero-order valence-electron chi connectivity index (χ0n) is 11.7. The number of phenolic OH excluding ortho intramolecular Hbond substituents is 1. The number of hydrogen-bond donors (Lipinski definition) is 2. The van der Waals surface area contributed by atoms with Crippen molar-refractivity contribution in [3.63, 3.8) is 0 Å². The van der Waals surface area contributed by atoms with Crippen LogP contribution in [0, 0.1) is 11.6 Å². The fourth-order valence-corrected chi connectivity index (χ4v) is 3.02. The Labute approximate surface area is 122 Å². The van der Waals surface area contributed by atoms with Crippen LogP contribution >= 0.6 is 0 Å². The first-order valence-electron chi connectivity index (χ1n) is 7.07. The smallest absolute Gasteiger partial charge is 0.128 e. The van der Waals surface area contributed by atoms with E-state index < -0.39 is 11.6 Å². The van der Waals surface area contributed by atoms with Crippen molar-refractivity contribution in [1.82, 2.24) is 5.32 Å². The standard InChI is InChI=1S/C17H17F2NO/c1-10(15-9-12(18)3-6-16(15)19)20-17-7-2-11-8-13(21)4-5-14(11)17/h3-6,8-10,17,20-21H,2,7H2,1H3. The molecule has 0 spiro atoms. The molecule has 0 heterocycles. The van der Waals surface area contributed by atoms with Gasteiger partial charge in [-0.05, 0) is 61.2 Å². The fraction of sp³-hybridized carbons (Fsp3) is 0.294. The second-order valence-corrected chi connectivity index (χ2v) is 5.53. The van der Waals surface area contributed by atoms with Gasteiger partial charge in [0, 0.05) is 17.6 Å². The molecule has 0 aromatic heterocycles. The summed E-state index contributed by atoms with van der Waals surface area (Å²) in [6.45, 7) is 1.83. The Morgan fingerprint density at radius 1 is 1.19 bits per heavy atom. The van der Waals surface area contributed by atoms with Gasteiger partial charge < -0.3 is 10.4 Å². The molecule has 0 bridgehead atoms. The molecule has 1 aliphatic rings. The van der Waals surface area contributed by atoms with E-state index in [1.807, 2.05) is 13.0 Å². The van der Waals surface area contributed by atoms with Crippen LogP contribution in [-0.4, -0.2) is 5.11 Å². The number of aryl methyl sites for hydroxylation is 1. The molecule has 2 atom stereocenters. The molecule has 0 aliphatic heterocycles. The Kier molecular flexibility index (Phi) is 3.64. The predicted octanol–water partition coefficient (Wildman–Crippen LogP) is 4.01. The first-order chi connectivity index (χ1) is 10.0. The van der Waals surface area contributed by atoms with Crippen LogP contribution in [0.4, 0.5) is 8.78 Å². The molecule has 0 radical (unpaired) electrons. The minimum atomic E-state index is -0.434. The average Bonchev–Trinajstić information content (AvgIpc) is 2.83. The molecular formula is C17H17F2NO. The van der Waals surface area contributed by atoms with Crippen molar-refractivity contribution in [2.75, 3.05) is 0 Å². The van der Waals surface area contributed by atoms with E-state index in [0.29, 0.717) is 5.56 Å². The molecule has 0 fully saturated rings. The third-order valence-corrected chi connectivity index (χ3v) is 4.08. The molecule has 2 N–H and O–H groups in total. The summed E-state index contributed by atoms with van der Waals surface area (Å²) in [7, 11) is 0. The summed E-state index contributed by atoms with van der Waals surface area (Å²) in [5, 5.41) is 12.8. The van der Waals surface area contributed by atoms with Crippen LogP contribution in [0.3, 0.4) is 0 Å². The molecule has 110 valence electrons. The van der Waals surface area contributed by atoms with Crippen molar-refractivity contribution < 1.29 is 13.9 Å². The highest BCUT2D eigenvalue weighted by molar-refractivity contribution is 5.40. The number of rotatable bonds is 3. The molecule has 2 aromatic carbocycles. The second kappa shape index (κ2) is 5.45. The van der Waals surface area contributed by atoms with Gasteiger partial charge in [-0.1, -0.05) is 6.07 Å². The molecular weight excluding hydrogens is 272 g/mol. The number of benzene rings is 2. The third-order valence-electron chi connectivity index (χ3n) is 4.08. The van der Waals surface area contributed by atoms with Crippen molar-refractivity contribution in [3.8, 4) is 5.75 Å².